The van der Waals surface area contributed by atoms with Gasteiger partial charge in [-0.2, -0.15) is 0 Å². The molecule has 2 N–H and O–H groups in total. The van der Waals surface area contributed by atoms with E-state index in [0.29, 0.717) is 17.9 Å². The molecule has 2 aromatic rings. The summed E-state index contributed by atoms with van der Waals surface area (Å²) < 4.78 is 5.76. The number of hydrogen-bond donors (Lipinski definition) is 2. The first kappa shape index (κ1) is 23.1. The molecular weight excluding hydrogens is 411 g/mol. The van der Waals surface area contributed by atoms with Crippen LogP contribution in [0.25, 0.3) is 0 Å². The molecule has 0 saturated carbocycles. The maximum absolute atomic E-state index is 12.1. The minimum atomic E-state index is -1.70. The Bertz CT molecular complexity index is 1020. The molecule has 0 fully saturated rings. The first-order chi connectivity index (χ1) is 15.4. The summed E-state index contributed by atoms with van der Waals surface area (Å²) in [7, 11) is -1.70. The Balaban J connectivity index is 1.55. The molecule has 32 heavy (non-hydrogen) atoms. The fraction of sp³-hybridized carbons (Fsp3) is 0.217. The van der Waals surface area contributed by atoms with Gasteiger partial charge in [0, 0.05) is 37.8 Å². The van der Waals surface area contributed by atoms with E-state index in [4.69, 9.17) is 4.74 Å². The number of rotatable bonds is 11. The van der Waals surface area contributed by atoms with Crippen molar-refractivity contribution in [2.75, 3.05) is 19.7 Å². The summed E-state index contributed by atoms with van der Waals surface area (Å²) in [6, 6.07) is 14.7. The van der Waals surface area contributed by atoms with E-state index in [1.807, 2.05) is 30.3 Å². The van der Waals surface area contributed by atoms with Gasteiger partial charge in [-0.25, -0.2) is 0 Å². The summed E-state index contributed by atoms with van der Waals surface area (Å²) in [5.41, 5.74) is 1.79. The Kier molecular flexibility index (Phi) is 8.07. The molecular formula is C23H23BN2O6. The number of hydrogen-bond acceptors (Lipinski definition) is 7. The third kappa shape index (κ3) is 6.47. The molecule has 0 bridgehead atoms. The lowest BCUT2D eigenvalue weighted by molar-refractivity contribution is -0.137. The van der Waals surface area contributed by atoms with Gasteiger partial charge in [-0.1, -0.05) is 36.4 Å². The molecule has 0 aromatic heterocycles. The molecule has 1 aliphatic heterocycles. The summed E-state index contributed by atoms with van der Waals surface area (Å²) >= 11 is 0. The first-order valence-electron chi connectivity index (χ1n) is 10.2. The molecule has 0 radical (unpaired) electrons. The van der Waals surface area contributed by atoms with Gasteiger partial charge >= 0.3 is 7.12 Å². The van der Waals surface area contributed by atoms with Crippen LogP contribution in [0.15, 0.2) is 65.7 Å². The number of carbonyl (C=O) groups is 3. The van der Waals surface area contributed by atoms with Gasteiger partial charge < -0.3 is 14.8 Å². The number of carbonyl (C=O) groups excluding carboxylic acids is 3. The molecule has 2 aromatic carbocycles. The standard InChI is InChI=1S/C23H23BN2O6/c27-19(10-12-26-22(28)8-9-23(26)29)16-25-15-18-14-20(6-7-21(18)24(30)31)32-13-11-17-4-2-1-3-5-17/h1-9,14-15,30-31H,10-13,16H2. The largest absolute Gasteiger partial charge is 0.493 e. The van der Waals surface area contributed by atoms with Crippen molar-refractivity contribution in [3.63, 3.8) is 0 Å². The van der Waals surface area contributed by atoms with E-state index in [0.717, 1.165) is 16.9 Å². The minimum Gasteiger partial charge on any atom is -0.493 e. The summed E-state index contributed by atoms with van der Waals surface area (Å²) in [5, 5.41) is 19.2. The van der Waals surface area contributed by atoms with E-state index in [-0.39, 0.29) is 30.8 Å². The Hall–Kier alpha value is -3.56. The van der Waals surface area contributed by atoms with E-state index in [9.17, 15) is 24.4 Å². The van der Waals surface area contributed by atoms with Crippen LogP contribution in [0, 0.1) is 0 Å². The van der Waals surface area contributed by atoms with Gasteiger partial charge in [-0.05, 0) is 28.7 Å². The first-order valence-corrected chi connectivity index (χ1v) is 10.2. The monoisotopic (exact) mass is 434 g/mol. The number of amides is 2. The zero-order chi connectivity index (χ0) is 22.9. The lowest BCUT2D eigenvalue weighted by Gasteiger charge is -2.12. The van der Waals surface area contributed by atoms with Crippen LogP contribution in [-0.2, 0) is 20.8 Å². The summed E-state index contributed by atoms with van der Waals surface area (Å²) in [6.45, 7) is 0.289. The predicted octanol–water partition coefficient (Wildman–Crippen LogP) is 0.291. The van der Waals surface area contributed by atoms with Crippen LogP contribution in [0.1, 0.15) is 17.5 Å². The van der Waals surface area contributed by atoms with Crippen LogP contribution in [0.4, 0.5) is 0 Å². The highest BCUT2D eigenvalue weighted by atomic mass is 16.5. The van der Waals surface area contributed by atoms with Gasteiger partial charge in [0.25, 0.3) is 11.8 Å². The maximum Gasteiger partial charge on any atom is 0.489 e. The smallest absolute Gasteiger partial charge is 0.489 e. The van der Waals surface area contributed by atoms with Crippen LogP contribution >= 0.6 is 0 Å². The third-order valence-corrected chi connectivity index (χ3v) is 4.85. The number of benzene rings is 2. The zero-order valence-corrected chi connectivity index (χ0v) is 17.4. The fourth-order valence-corrected chi connectivity index (χ4v) is 3.13. The average molecular weight is 434 g/mol. The van der Waals surface area contributed by atoms with Gasteiger partial charge in [-0.15, -0.1) is 0 Å². The van der Waals surface area contributed by atoms with E-state index in [2.05, 4.69) is 4.99 Å². The van der Waals surface area contributed by atoms with Gasteiger partial charge in [-0.3, -0.25) is 24.3 Å². The number of ketones is 1. The van der Waals surface area contributed by atoms with Crippen molar-refractivity contribution in [1.29, 1.82) is 0 Å². The molecule has 0 saturated heterocycles. The molecule has 8 nitrogen and oxygen atoms in total. The molecule has 1 aliphatic rings. The molecule has 0 atom stereocenters. The Labute approximate surface area is 186 Å². The Morgan fingerprint density at radius 3 is 2.47 bits per heavy atom. The maximum atomic E-state index is 12.1. The van der Waals surface area contributed by atoms with E-state index < -0.39 is 18.9 Å². The molecule has 0 aliphatic carbocycles. The van der Waals surface area contributed by atoms with Crippen LogP contribution < -0.4 is 10.2 Å². The van der Waals surface area contributed by atoms with Crippen LogP contribution in [-0.4, -0.2) is 65.6 Å². The van der Waals surface area contributed by atoms with Crippen LogP contribution in [0.5, 0.6) is 5.75 Å². The summed E-state index contributed by atoms with van der Waals surface area (Å²) in [4.78, 5) is 40.1. The zero-order valence-electron chi connectivity index (χ0n) is 17.4. The number of imide groups is 1. The number of Topliss-reactive ketones (excluding diaryl/α,β-unsaturated/α-hetero) is 1. The third-order valence-electron chi connectivity index (χ3n) is 4.85. The molecule has 9 heteroatoms. The second-order valence-electron chi connectivity index (χ2n) is 7.17. The quantitative estimate of drug-likeness (QED) is 0.299. The minimum absolute atomic E-state index is 0.00433. The molecule has 3 rings (SSSR count). The van der Waals surface area contributed by atoms with Crippen molar-refractivity contribution in [3.05, 3.63) is 71.8 Å². The van der Waals surface area contributed by atoms with Gasteiger partial charge in [0.15, 0.2) is 5.78 Å². The van der Waals surface area contributed by atoms with Gasteiger partial charge in [0.05, 0.1) is 13.2 Å². The van der Waals surface area contributed by atoms with E-state index in [1.54, 1.807) is 12.1 Å². The number of nitrogens with zero attached hydrogens (tertiary/aromatic N) is 2. The van der Waals surface area contributed by atoms with E-state index >= 15 is 0 Å². The number of ether oxygens (including phenoxy) is 1. The fourth-order valence-electron chi connectivity index (χ4n) is 3.13. The van der Waals surface area contributed by atoms with Crippen LogP contribution in [0.3, 0.4) is 0 Å². The summed E-state index contributed by atoms with van der Waals surface area (Å²) in [6.07, 6.45) is 4.43. The van der Waals surface area contributed by atoms with Gasteiger partial charge in [0.1, 0.15) is 5.75 Å². The van der Waals surface area contributed by atoms with Crippen molar-refractivity contribution in [2.24, 2.45) is 4.99 Å². The highest BCUT2D eigenvalue weighted by Gasteiger charge is 2.23. The van der Waals surface area contributed by atoms with Gasteiger partial charge in [0.2, 0.25) is 0 Å². The van der Waals surface area contributed by atoms with Crippen molar-refractivity contribution < 1.29 is 29.2 Å². The lowest BCUT2D eigenvalue weighted by Crippen LogP contribution is -2.33. The summed E-state index contributed by atoms with van der Waals surface area (Å²) in [5.74, 6) is -0.583. The predicted molar refractivity (Wildman–Crippen MR) is 120 cm³/mol. The van der Waals surface area contributed by atoms with Crippen molar-refractivity contribution in [2.45, 2.75) is 12.8 Å². The molecule has 0 unspecified atom stereocenters. The topological polar surface area (TPSA) is 117 Å². The highest BCUT2D eigenvalue weighted by molar-refractivity contribution is 6.60. The average Bonchev–Trinajstić information content (AvgIpc) is 3.10. The second-order valence-corrected chi connectivity index (χ2v) is 7.17. The van der Waals surface area contributed by atoms with Crippen molar-refractivity contribution in [3.8, 4) is 5.75 Å². The highest BCUT2D eigenvalue weighted by Crippen LogP contribution is 2.12. The molecule has 1 heterocycles. The lowest BCUT2D eigenvalue weighted by atomic mass is 9.77. The van der Waals surface area contributed by atoms with Crippen molar-refractivity contribution in [1.82, 2.24) is 4.90 Å². The van der Waals surface area contributed by atoms with Crippen molar-refractivity contribution >= 4 is 36.4 Å². The number of aliphatic imine (C=N–C) groups is 1. The second kappa shape index (κ2) is 11.2. The van der Waals surface area contributed by atoms with E-state index in [1.165, 1.54) is 24.4 Å². The Morgan fingerprint density at radius 2 is 1.78 bits per heavy atom. The molecule has 2 amide bonds. The molecule has 164 valence electrons. The normalized spacial score (nSPS) is 13.2. The Morgan fingerprint density at radius 1 is 1.06 bits per heavy atom. The SMILES string of the molecule is O=C(CCN1C(=O)C=CC1=O)CN=Cc1cc(OCCc2ccccc2)ccc1B(O)O. The van der Waals surface area contributed by atoms with Crippen LogP contribution in [0.2, 0.25) is 0 Å². The molecule has 0 spiro atoms.